The smallest absolute Gasteiger partial charge is 0.264 e. The summed E-state index contributed by atoms with van der Waals surface area (Å²) < 4.78 is 3.44. The molecule has 228 valence electrons. The summed E-state index contributed by atoms with van der Waals surface area (Å²) in [4.78, 5) is 38.8. The van der Waals surface area contributed by atoms with E-state index in [9.17, 15) is 9.59 Å². The molecule has 0 amide bonds. The molecule has 0 aliphatic rings. The van der Waals surface area contributed by atoms with E-state index >= 15 is 0 Å². The van der Waals surface area contributed by atoms with E-state index in [1.165, 1.54) is 0 Å². The number of halogens is 2. The molecule has 8 heteroatoms. The second kappa shape index (κ2) is 8.40. The summed E-state index contributed by atoms with van der Waals surface area (Å²) in [6, 6.07) is 19.8. The Morgan fingerprint density at radius 1 is 0.479 bits per heavy atom. The lowest BCUT2D eigenvalue weighted by molar-refractivity contribution is 1.19. The van der Waals surface area contributed by atoms with Crippen molar-refractivity contribution in [2.24, 2.45) is 0 Å². The van der Waals surface area contributed by atoms with Gasteiger partial charge in [0.25, 0.3) is 11.1 Å². The molecule has 0 fully saturated rings. The van der Waals surface area contributed by atoms with Crippen LogP contribution in [0.15, 0.2) is 70.3 Å². The van der Waals surface area contributed by atoms with Crippen LogP contribution < -0.4 is 11.1 Å². The number of rotatable bonds is 0. The van der Waals surface area contributed by atoms with Gasteiger partial charge in [0.15, 0.2) is 0 Å². The number of benzene rings is 7. The topological polar surface area (TPSA) is 68.7 Å². The lowest BCUT2D eigenvalue weighted by Gasteiger charge is -2.22. The summed E-state index contributed by atoms with van der Waals surface area (Å²) in [5.41, 5.74) is 8.05. The summed E-state index contributed by atoms with van der Waals surface area (Å²) in [5.74, 6) is 0. The highest BCUT2D eigenvalue weighted by atomic mass is 35.5. The van der Waals surface area contributed by atoms with Crippen molar-refractivity contribution in [2.75, 3.05) is 0 Å². The Bertz CT molecular complexity index is 3200. The van der Waals surface area contributed by atoms with E-state index < -0.39 is 0 Å². The molecule has 0 aliphatic heterocycles. The van der Waals surface area contributed by atoms with E-state index in [1.807, 2.05) is 62.4 Å². The molecular weight excluding hydrogens is 639 g/mol. The van der Waals surface area contributed by atoms with Crippen LogP contribution in [0.2, 0.25) is 10.0 Å². The number of hydrogen-bond donors (Lipinski definition) is 0. The molecule has 11 rings (SSSR count). The van der Waals surface area contributed by atoms with Gasteiger partial charge in [-0.05, 0) is 109 Å². The molecule has 4 aromatic heterocycles. The van der Waals surface area contributed by atoms with Crippen molar-refractivity contribution in [2.45, 2.75) is 27.7 Å². The first kappa shape index (κ1) is 26.7. The van der Waals surface area contributed by atoms with Crippen LogP contribution in [0.5, 0.6) is 0 Å². The Kier molecular flexibility index (Phi) is 4.68. The summed E-state index contributed by atoms with van der Waals surface area (Å²) in [5, 5.41) is 10.7. The van der Waals surface area contributed by atoms with Crippen molar-refractivity contribution < 1.29 is 0 Å². The minimum Gasteiger partial charge on any atom is -0.268 e. The Hall–Kier alpha value is -5.30. The first-order valence-electron chi connectivity index (χ1n) is 15.8. The lowest BCUT2D eigenvalue weighted by Crippen LogP contribution is -2.14. The van der Waals surface area contributed by atoms with Gasteiger partial charge in [-0.15, -0.1) is 0 Å². The van der Waals surface area contributed by atoms with Gasteiger partial charge in [0.1, 0.15) is 11.3 Å². The second-order valence-electron chi connectivity index (χ2n) is 13.4. The second-order valence-corrected chi connectivity index (χ2v) is 14.2. The number of aromatic nitrogens is 4. The summed E-state index contributed by atoms with van der Waals surface area (Å²) >= 11 is 14.6. The van der Waals surface area contributed by atoms with Crippen LogP contribution in [-0.4, -0.2) is 18.8 Å². The fourth-order valence-corrected chi connectivity index (χ4v) is 9.28. The molecule has 11 aromatic rings. The van der Waals surface area contributed by atoms with Crippen LogP contribution >= 0.6 is 23.2 Å². The molecular formula is C40H22Cl2N4O2. The summed E-state index contributed by atoms with van der Waals surface area (Å²) in [6.07, 6.45) is 0. The van der Waals surface area contributed by atoms with Gasteiger partial charge in [-0.1, -0.05) is 35.3 Å². The molecule has 6 nitrogen and oxygen atoms in total. The SMILES string of the molecule is Cc1ccc2nc3c4cc(C)c5c6c(Cl)cc7c(=O)n8c9cc(C)ccc9nc8c8cc(C)c(c9c(Cl)cc(c(=O)n3c2c1)c4c59)c6c78. The molecule has 48 heavy (non-hydrogen) atoms. The zero-order valence-corrected chi connectivity index (χ0v) is 27.6. The standard InChI is InChI=1S/C40H22Cl2N4O2/c1-15-5-7-25-27(9-15)45-37(43-25)19-11-17(3)29-34-24(42)14-22-32-20(38-44-26-8-6-16(2)10-28(26)46(38)40(22)48)12-18(4)30(36(32)34)33-23(41)13-21(39(45)47)31(19)35(29)33/h5-14H,1-4H3. The molecule has 0 unspecified atom stereocenters. The van der Waals surface area contributed by atoms with Crippen molar-refractivity contribution >= 4 is 121 Å². The number of hydrogen-bond acceptors (Lipinski definition) is 4. The molecule has 0 spiro atoms. The van der Waals surface area contributed by atoms with Gasteiger partial charge in [-0.2, -0.15) is 0 Å². The molecule has 0 atom stereocenters. The largest absolute Gasteiger partial charge is 0.268 e. The number of nitrogens with zero attached hydrogens (tertiary/aromatic N) is 4. The Morgan fingerprint density at radius 3 is 1.31 bits per heavy atom. The third-order valence-electron chi connectivity index (χ3n) is 10.6. The van der Waals surface area contributed by atoms with Gasteiger partial charge in [-0.25, -0.2) is 9.97 Å². The quantitative estimate of drug-likeness (QED) is 0.120. The van der Waals surface area contributed by atoms with E-state index in [0.29, 0.717) is 32.1 Å². The molecule has 0 aliphatic carbocycles. The monoisotopic (exact) mass is 660 g/mol. The Balaban J connectivity index is 1.46. The highest BCUT2D eigenvalue weighted by Gasteiger charge is 2.28. The van der Waals surface area contributed by atoms with Crippen molar-refractivity contribution in [1.82, 2.24) is 18.8 Å². The molecule has 0 bridgehead atoms. The van der Waals surface area contributed by atoms with Crippen molar-refractivity contribution in [3.05, 3.63) is 114 Å². The number of aryl methyl sites for hydroxylation is 4. The number of pyridine rings is 2. The maximum absolute atomic E-state index is 14.4. The molecule has 7 aromatic carbocycles. The molecule has 0 saturated carbocycles. The Morgan fingerprint density at radius 2 is 0.896 bits per heavy atom. The number of imidazole rings is 2. The van der Waals surface area contributed by atoms with Crippen LogP contribution in [0.25, 0.3) is 98.0 Å². The number of fused-ring (bicyclic) bond motifs is 10. The van der Waals surface area contributed by atoms with E-state index in [2.05, 4.69) is 26.0 Å². The molecule has 0 radical (unpaired) electrons. The third-order valence-corrected chi connectivity index (χ3v) is 11.2. The van der Waals surface area contributed by atoms with Gasteiger partial charge >= 0.3 is 0 Å². The summed E-state index contributed by atoms with van der Waals surface area (Å²) in [6.45, 7) is 8.16. The van der Waals surface area contributed by atoms with Gasteiger partial charge in [0.05, 0.1) is 32.8 Å². The fourth-order valence-electron chi connectivity index (χ4n) is 8.68. The van der Waals surface area contributed by atoms with Crippen molar-refractivity contribution in [3.63, 3.8) is 0 Å². The highest BCUT2D eigenvalue weighted by Crippen LogP contribution is 2.51. The van der Waals surface area contributed by atoms with E-state index in [4.69, 9.17) is 33.2 Å². The van der Waals surface area contributed by atoms with E-state index in [0.717, 1.165) is 98.2 Å². The van der Waals surface area contributed by atoms with Crippen LogP contribution in [-0.2, 0) is 0 Å². The molecule has 0 N–H and O–H groups in total. The molecule has 4 heterocycles. The average molecular weight is 662 g/mol. The predicted octanol–water partition coefficient (Wildman–Crippen LogP) is 9.78. The van der Waals surface area contributed by atoms with Crippen LogP contribution in [0.4, 0.5) is 0 Å². The first-order valence-corrected chi connectivity index (χ1v) is 16.6. The maximum atomic E-state index is 14.4. The molecule has 0 saturated heterocycles. The van der Waals surface area contributed by atoms with Gasteiger partial charge in [-0.3, -0.25) is 18.4 Å². The van der Waals surface area contributed by atoms with Gasteiger partial charge in [0, 0.05) is 53.1 Å². The van der Waals surface area contributed by atoms with Crippen LogP contribution in [0, 0.1) is 27.7 Å². The third kappa shape index (κ3) is 2.90. The minimum atomic E-state index is -0.160. The van der Waals surface area contributed by atoms with Gasteiger partial charge < -0.3 is 0 Å². The fraction of sp³-hybridized carbons (Fsp3) is 0.100. The normalized spacial score (nSPS) is 13.0. The zero-order valence-electron chi connectivity index (χ0n) is 26.1. The minimum absolute atomic E-state index is 0.160. The lowest BCUT2D eigenvalue weighted by atomic mass is 9.83. The van der Waals surface area contributed by atoms with Crippen molar-refractivity contribution in [3.8, 4) is 0 Å². The highest BCUT2D eigenvalue weighted by molar-refractivity contribution is 6.51. The Labute approximate surface area is 280 Å². The van der Waals surface area contributed by atoms with Gasteiger partial charge in [0.2, 0.25) is 0 Å². The van der Waals surface area contributed by atoms with E-state index in [-0.39, 0.29) is 11.1 Å². The van der Waals surface area contributed by atoms with Crippen molar-refractivity contribution in [1.29, 1.82) is 0 Å². The van der Waals surface area contributed by atoms with Crippen LogP contribution in [0.3, 0.4) is 0 Å². The zero-order chi connectivity index (χ0) is 32.7. The summed E-state index contributed by atoms with van der Waals surface area (Å²) in [7, 11) is 0. The van der Waals surface area contributed by atoms with E-state index in [1.54, 1.807) is 8.80 Å². The first-order chi connectivity index (χ1) is 23.1. The average Bonchev–Trinajstić information content (AvgIpc) is 3.62. The predicted molar refractivity (Wildman–Crippen MR) is 199 cm³/mol. The maximum Gasteiger partial charge on any atom is 0.264 e. The van der Waals surface area contributed by atoms with Crippen LogP contribution in [0.1, 0.15) is 22.3 Å².